The maximum absolute atomic E-state index is 5.78. The number of hydrogen-bond donors (Lipinski definition) is 2. The molecule has 1 atom stereocenters. The van der Waals surface area contributed by atoms with Gasteiger partial charge in [0.25, 0.3) is 0 Å². The SMILES string of the molecule is CCNC(=NCc1ncc(C)c(OC)c1C)NCCCOC1CCOC1.I. The summed E-state index contributed by atoms with van der Waals surface area (Å²) in [6, 6.07) is 0. The first-order chi connectivity index (χ1) is 12.7. The second-order valence-electron chi connectivity index (χ2n) is 6.38. The van der Waals surface area contributed by atoms with E-state index in [0.717, 1.165) is 74.3 Å². The van der Waals surface area contributed by atoms with Gasteiger partial charge in [0.2, 0.25) is 0 Å². The van der Waals surface area contributed by atoms with Crippen LogP contribution in [0.3, 0.4) is 0 Å². The van der Waals surface area contributed by atoms with Crippen LogP contribution in [-0.4, -0.2) is 57.1 Å². The molecule has 7 nitrogen and oxygen atoms in total. The standard InChI is InChI=1S/C19H32N4O3.HI/c1-5-20-19(21-8-6-9-26-16-7-10-25-13-16)23-12-17-15(3)18(24-4)14(2)11-22-17;/h11,16H,5-10,12-13H2,1-4H3,(H2,20,21,23);1H. The molecule has 0 aromatic carbocycles. The molecule has 1 aromatic rings. The van der Waals surface area contributed by atoms with Crippen LogP contribution < -0.4 is 15.4 Å². The van der Waals surface area contributed by atoms with Crippen molar-refractivity contribution in [2.75, 3.05) is 40.0 Å². The van der Waals surface area contributed by atoms with Crippen LogP contribution in [0.2, 0.25) is 0 Å². The van der Waals surface area contributed by atoms with E-state index in [1.807, 2.05) is 20.0 Å². The molecule has 0 aliphatic carbocycles. The van der Waals surface area contributed by atoms with Crippen molar-refractivity contribution in [2.45, 2.75) is 46.3 Å². The minimum Gasteiger partial charge on any atom is -0.496 e. The van der Waals surface area contributed by atoms with Gasteiger partial charge in [-0.15, -0.1) is 24.0 Å². The Morgan fingerprint density at radius 3 is 2.85 bits per heavy atom. The van der Waals surface area contributed by atoms with Crippen LogP contribution >= 0.6 is 24.0 Å². The van der Waals surface area contributed by atoms with Gasteiger partial charge in [-0.1, -0.05) is 0 Å². The maximum Gasteiger partial charge on any atom is 0.191 e. The first-order valence-corrected chi connectivity index (χ1v) is 9.36. The van der Waals surface area contributed by atoms with Crippen molar-refractivity contribution < 1.29 is 14.2 Å². The fourth-order valence-electron chi connectivity index (χ4n) is 2.90. The maximum atomic E-state index is 5.78. The van der Waals surface area contributed by atoms with Gasteiger partial charge in [-0.3, -0.25) is 4.98 Å². The summed E-state index contributed by atoms with van der Waals surface area (Å²) in [5, 5.41) is 6.61. The molecule has 0 bridgehead atoms. The molecule has 1 fully saturated rings. The number of rotatable bonds is 9. The lowest BCUT2D eigenvalue weighted by atomic mass is 10.1. The number of hydrogen-bond acceptors (Lipinski definition) is 5. The van der Waals surface area contributed by atoms with Gasteiger partial charge in [-0.05, 0) is 33.6 Å². The number of methoxy groups -OCH3 is 1. The molecule has 8 heteroatoms. The van der Waals surface area contributed by atoms with Crippen molar-refractivity contribution in [1.29, 1.82) is 0 Å². The van der Waals surface area contributed by atoms with Crippen LogP contribution in [0.15, 0.2) is 11.2 Å². The molecule has 0 radical (unpaired) electrons. The Bertz CT molecular complexity index is 593. The van der Waals surface area contributed by atoms with Gasteiger partial charge in [0.15, 0.2) is 5.96 Å². The molecule has 2 rings (SSSR count). The molecular weight excluding hydrogens is 459 g/mol. The largest absolute Gasteiger partial charge is 0.496 e. The first kappa shape index (κ1) is 23.9. The van der Waals surface area contributed by atoms with Gasteiger partial charge in [-0.2, -0.15) is 0 Å². The number of aromatic nitrogens is 1. The Morgan fingerprint density at radius 2 is 2.19 bits per heavy atom. The molecule has 1 saturated heterocycles. The topological polar surface area (TPSA) is 77.0 Å². The highest BCUT2D eigenvalue weighted by molar-refractivity contribution is 14.0. The van der Waals surface area contributed by atoms with Gasteiger partial charge < -0.3 is 24.8 Å². The monoisotopic (exact) mass is 492 g/mol. The number of aliphatic imine (C=N–C) groups is 1. The molecule has 27 heavy (non-hydrogen) atoms. The lowest BCUT2D eigenvalue weighted by molar-refractivity contribution is 0.0420. The van der Waals surface area contributed by atoms with E-state index in [-0.39, 0.29) is 30.1 Å². The van der Waals surface area contributed by atoms with Crippen LogP contribution in [-0.2, 0) is 16.0 Å². The summed E-state index contributed by atoms with van der Waals surface area (Å²) in [6.45, 7) is 10.5. The highest BCUT2D eigenvalue weighted by atomic mass is 127. The van der Waals surface area contributed by atoms with E-state index in [9.17, 15) is 0 Å². The van der Waals surface area contributed by atoms with E-state index in [1.165, 1.54) is 0 Å². The Balaban J connectivity index is 0.00000364. The van der Waals surface area contributed by atoms with Crippen LogP contribution in [0, 0.1) is 13.8 Å². The van der Waals surface area contributed by atoms with Gasteiger partial charge in [0, 0.05) is 43.6 Å². The van der Waals surface area contributed by atoms with E-state index >= 15 is 0 Å². The van der Waals surface area contributed by atoms with Crippen LogP contribution in [0.1, 0.15) is 36.6 Å². The van der Waals surface area contributed by atoms with Gasteiger partial charge in [-0.25, -0.2) is 4.99 Å². The zero-order valence-corrected chi connectivity index (χ0v) is 19.2. The molecule has 0 amide bonds. The number of aryl methyl sites for hydroxylation is 1. The Morgan fingerprint density at radius 1 is 1.37 bits per heavy atom. The quantitative estimate of drug-likeness (QED) is 0.239. The zero-order chi connectivity index (χ0) is 18.8. The summed E-state index contributed by atoms with van der Waals surface area (Å²) in [4.78, 5) is 9.14. The molecule has 2 heterocycles. The Labute approximate surface area is 179 Å². The van der Waals surface area contributed by atoms with E-state index < -0.39 is 0 Å². The van der Waals surface area contributed by atoms with E-state index in [4.69, 9.17) is 14.2 Å². The van der Waals surface area contributed by atoms with E-state index in [1.54, 1.807) is 7.11 Å². The van der Waals surface area contributed by atoms with Crippen molar-refractivity contribution in [3.05, 3.63) is 23.0 Å². The lowest BCUT2D eigenvalue weighted by Crippen LogP contribution is -2.38. The molecule has 1 aliphatic heterocycles. The van der Waals surface area contributed by atoms with Crippen molar-refractivity contribution in [3.63, 3.8) is 0 Å². The Hall–Kier alpha value is -1.13. The molecule has 154 valence electrons. The summed E-state index contributed by atoms with van der Waals surface area (Å²) >= 11 is 0. The number of pyridine rings is 1. The van der Waals surface area contributed by atoms with Crippen molar-refractivity contribution >= 4 is 29.9 Å². The van der Waals surface area contributed by atoms with Crippen LogP contribution in [0.5, 0.6) is 5.75 Å². The summed E-state index contributed by atoms with van der Waals surface area (Å²) in [7, 11) is 1.69. The third kappa shape index (κ3) is 7.79. The number of nitrogens with one attached hydrogen (secondary N) is 2. The summed E-state index contributed by atoms with van der Waals surface area (Å²) in [5.74, 6) is 1.67. The smallest absolute Gasteiger partial charge is 0.191 e. The molecule has 0 saturated carbocycles. The minimum atomic E-state index is 0. The number of guanidine groups is 1. The summed E-state index contributed by atoms with van der Waals surface area (Å²) in [5.41, 5.74) is 3.00. The molecule has 0 spiro atoms. The first-order valence-electron chi connectivity index (χ1n) is 9.36. The van der Waals surface area contributed by atoms with Crippen molar-refractivity contribution in [2.24, 2.45) is 4.99 Å². The fourth-order valence-corrected chi connectivity index (χ4v) is 2.90. The third-order valence-electron chi connectivity index (χ3n) is 4.34. The normalized spacial score (nSPS) is 16.7. The highest BCUT2D eigenvalue weighted by Gasteiger charge is 2.15. The Kier molecular flexibility index (Phi) is 11.6. The third-order valence-corrected chi connectivity index (χ3v) is 4.34. The van der Waals surface area contributed by atoms with E-state index in [2.05, 4.69) is 27.5 Å². The molecule has 1 aromatic heterocycles. The van der Waals surface area contributed by atoms with Gasteiger partial charge in [0.05, 0.1) is 32.1 Å². The van der Waals surface area contributed by atoms with Crippen molar-refractivity contribution in [3.8, 4) is 5.75 Å². The number of nitrogens with zero attached hydrogens (tertiary/aromatic N) is 2. The van der Waals surface area contributed by atoms with Crippen LogP contribution in [0.25, 0.3) is 0 Å². The molecule has 1 aliphatic rings. The fraction of sp³-hybridized carbons (Fsp3) is 0.684. The van der Waals surface area contributed by atoms with E-state index in [0.29, 0.717) is 6.54 Å². The number of ether oxygens (including phenoxy) is 3. The average molecular weight is 492 g/mol. The van der Waals surface area contributed by atoms with Gasteiger partial charge in [0.1, 0.15) is 5.75 Å². The van der Waals surface area contributed by atoms with Crippen LogP contribution in [0.4, 0.5) is 0 Å². The lowest BCUT2D eigenvalue weighted by Gasteiger charge is -2.14. The predicted molar refractivity (Wildman–Crippen MR) is 118 cm³/mol. The summed E-state index contributed by atoms with van der Waals surface area (Å²) in [6.07, 6.45) is 4.03. The van der Waals surface area contributed by atoms with Gasteiger partial charge >= 0.3 is 0 Å². The summed E-state index contributed by atoms with van der Waals surface area (Å²) < 4.78 is 16.5. The molecule has 2 N–H and O–H groups in total. The molecular formula is C19H33IN4O3. The minimum absolute atomic E-state index is 0. The predicted octanol–water partition coefficient (Wildman–Crippen LogP) is 2.58. The molecule has 1 unspecified atom stereocenters. The number of halogens is 1. The zero-order valence-electron chi connectivity index (χ0n) is 16.8. The van der Waals surface area contributed by atoms with Crippen molar-refractivity contribution in [1.82, 2.24) is 15.6 Å². The second kappa shape index (κ2) is 13.1. The average Bonchev–Trinajstić information content (AvgIpc) is 3.14. The highest BCUT2D eigenvalue weighted by Crippen LogP contribution is 2.24. The second-order valence-corrected chi connectivity index (χ2v) is 6.38.